The molecule has 0 bridgehead atoms. The van der Waals surface area contributed by atoms with Gasteiger partial charge in [0.1, 0.15) is 122 Å². The van der Waals surface area contributed by atoms with Crippen LogP contribution >= 0.6 is 0 Å². The molecule has 28 nitrogen and oxygen atoms in total. The summed E-state index contributed by atoms with van der Waals surface area (Å²) in [6.45, 7) is -2.31. The van der Waals surface area contributed by atoms with Gasteiger partial charge >= 0.3 is 0 Å². The fourth-order valence-electron chi connectivity index (χ4n) is 7.73. The number of amides is 2. The van der Waals surface area contributed by atoms with Gasteiger partial charge in [-0.2, -0.15) is 0 Å². The molecule has 28 heteroatoms. The lowest BCUT2D eigenvalue weighted by atomic mass is 9.94. The fourth-order valence-corrected chi connectivity index (χ4v) is 7.73. The number of carbonyl (C=O) groups excluding carboxylic acids is 2. The van der Waals surface area contributed by atoms with Crippen molar-refractivity contribution in [1.82, 2.24) is 10.6 Å². The number of hydrogen-bond acceptors (Lipinski definition) is 26. The van der Waals surface area contributed by atoms with Gasteiger partial charge in [0.15, 0.2) is 31.5 Å². The van der Waals surface area contributed by atoms with Crippen LogP contribution < -0.4 is 10.6 Å². The average molecular weight is 911 g/mol. The minimum Gasteiger partial charge on any atom is -0.394 e. The van der Waals surface area contributed by atoms with Gasteiger partial charge in [-0.3, -0.25) is 9.59 Å². The Kier molecular flexibility index (Phi) is 18.1. The summed E-state index contributed by atoms with van der Waals surface area (Å²) >= 11 is 0. The highest BCUT2D eigenvalue weighted by atomic mass is 16.8. The molecular weight excluding hydrogens is 852 g/mol. The number of ether oxygens (including phenoxy) is 9. The van der Waals surface area contributed by atoms with E-state index in [1.54, 1.807) is 0 Å². The summed E-state index contributed by atoms with van der Waals surface area (Å²) < 4.78 is 50.8. The van der Waals surface area contributed by atoms with E-state index in [0.29, 0.717) is 0 Å². The normalized spacial score (nSPS) is 49.0. The molecule has 25 atom stereocenters. The predicted molar refractivity (Wildman–Crippen MR) is 190 cm³/mol. The monoisotopic (exact) mass is 910 g/mol. The van der Waals surface area contributed by atoms with Crippen molar-refractivity contribution >= 4 is 11.8 Å². The number of hydrogen-bond donors (Lipinski definition) is 17. The number of aliphatic hydroxyl groups is 15. The van der Waals surface area contributed by atoms with Crippen LogP contribution in [0.4, 0.5) is 0 Å². The Labute approximate surface area is 351 Å². The quantitative estimate of drug-likeness (QED) is 0.0725. The van der Waals surface area contributed by atoms with Crippen molar-refractivity contribution in [3.05, 3.63) is 0 Å². The van der Waals surface area contributed by atoms with Crippen molar-refractivity contribution in [3.63, 3.8) is 0 Å². The van der Waals surface area contributed by atoms with Crippen molar-refractivity contribution in [3.8, 4) is 0 Å². The second kappa shape index (κ2) is 22.0. The second-order valence-electron chi connectivity index (χ2n) is 15.5. The highest BCUT2D eigenvalue weighted by molar-refractivity contribution is 5.73. The van der Waals surface area contributed by atoms with Gasteiger partial charge in [-0.25, -0.2) is 0 Å². The van der Waals surface area contributed by atoms with Crippen LogP contribution in [0.3, 0.4) is 0 Å². The van der Waals surface area contributed by atoms with Crippen LogP contribution in [0, 0.1) is 0 Å². The maximum absolute atomic E-state index is 12.4. The Morgan fingerprint density at radius 2 is 0.823 bits per heavy atom. The number of carbonyl (C=O) groups is 2. The third-order valence-electron chi connectivity index (χ3n) is 11.1. The van der Waals surface area contributed by atoms with Crippen molar-refractivity contribution in [2.75, 3.05) is 33.0 Å². The van der Waals surface area contributed by atoms with Crippen LogP contribution in [0.2, 0.25) is 0 Å². The largest absolute Gasteiger partial charge is 0.394 e. The molecule has 0 radical (unpaired) electrons. The summed E-state index contributed by atoms with van der Waals surface area (Å²) in [6, 6.07) is -3.19. The molecular formula is C34H58N2O26. The lowest BCUT2D eigenvalue weighted by molar-refractivity contribution is -0.384. The summed E-state index contributed by atoms with van der Waals surface area (Å²) in [7, 11) is 0. The average Bonchev–Trinajstić information content (AvgIpc) is 3.23. The molecule has 0 aromatic carbocycles. The minimum absolute atomic E-state index is 0.693. The molecule has 0 unspecified atom stereocenters. The van der Waals surface area contributed by atoms with Gasteiger partial charge in [0.05, 0.1) is 33.0 Å². The molecule has 0 aromatic heterocycles. The lowest BCUT2D eigenvalue weighted by Gasteiger charge is -2.50. The van der Waals surface area contributed by atoms with Crippen molar-refractivity contribution in [1.29, 1.82) is 0 Å². The summed E-state index contributed by atoms with van der Waals surface area (Å²) in [6.07, 6.45) is -42.3. The predicted octanol–water partition coefficient (Wildman–Crippen LogP) is -11.6. The molecule has 5 fully saturated rings. The zero-order valence-electron chi connectivity index (χ0n) is 33.2. The van der Waals surface area contributed by atoms with E-state index in [4.69, 9.17) is 42.6 Å². The molecule has 0 saturated carbocycles. The first kappa shape index (κ1) is 51.0. The van der Waals surface area contributed by atoms with Gasteiger partial charge in [-0.05, 0) is 0 Å². The molecule has 62 heavy (non-hydrogen) atoms. The van der Waals surface area contributed by atoms with Crippen LogP contribution in [-0.4, -0.2) is 275 Å². The van der Waals surface area contributed by atoms with E-state index in [1.807, 2.05) is 0 Å². The number of aliphatic hydroxyl groups excluding tert-OH is 15. The Bertz CT molecular complexity index is 1440. The highest BCUT2D eigenvalue weighted by Crippen LogP contribution is 2.35. The van der Waals surface area contributed by atoms with Gasteiger partial charge < -0.3 is 130 Å². The van der Waals surface area contributed by atoms with Crippen LogP contribution in [0.15, 0.2) is 0 Å². The molecule has 0 aliphatic carbocycles. The van der Waals surface area contributed by atoms with E-state index in [1.165, 1.54) is 0 Å². The molecule has 5 saturated heterocycles. The smallest absolute Gasteiger partial charge is 0.217 e. The summed E-state index contributed by atoms with van der Waals surface area (Å²) in [5.41, 5.74) is 0. The molecule has 0 aromatic rings. The third kappa shape index (κ3) is 11.0. The van der Waals surface area contributed by atoms with Crippen molar-refractivity contribution in [2.24, 2.45) is 0 Å². The molecule has 5 aliphatic heterocycles. The number of nitrogens with one attached hydrogen (secondary N) is 2. The zero-order valence-corrected chi connectivity index (χ0v) is 33.2. The van der Waals surface area contributed by atoms with E-state index in [9.17, 15) is 86.2 Å². The first-order chi connectivity index (χ1) is 29.3. The molecule has 5 aliphatic rings. The molecule has 0 spiro atoms. The van der Waals surface area contributed by atoms with Gasteiger partial charge in [-0.15, -0.1) is 0 Å². The first-order valence-electron chi connectivity index (χ1n) is 19.6. The zero-order chi connectivity index (χ0) is 45.9. The molecule has 17 N–H and O–H groups in total. The molecule has 2 amide bonds. The van der Waals surface area contributed by atoms with E-state index >= 15 is 0 Å². The Morgan fingerprint density at radius 3 is 1.35 bits per heavy atom. The Balaban J connectivity index is 1.41. The van der Waals surface area contributed by atoms with Crippen molar-refractivity contribution in [2.45, 2.75) is 167 Å². The number of rotatable bonds is 15. The summed E-state index contributed by atoms with van der Waals surface area (Å²) in [5, 5.41) is 163. The van der Waals surface area contributed by atoms with Crippen LogP contribution in [-0.2, 0) is 52.2 Å². The van der Waals surface area contributed by atoms with Crippen LogP contribution in [0.5, 0.6) is 0 Å². The van der Waals surface area contributed by atoms with Gasteiger partial charge in [0.2, 0.25) is 11.8 Å². The van der Waals surface area contributed by atoms with Crippen LogP contribution in [0.25, 0.3) is 0 Å². The lowest BCUT2D eigenvalue weighted by Crippen LogP contribution is -2.70. The standard InChI is InChI=1S/C34H58N2O26/c1-8(41)35-15-20(46)27(12(5-39)55-30(15)53)60-31-16(36-9(2)42)21(47)28(13(6-40)58-31)61-34-26(52)29(62-33-25(51)23(49)18(44)11(4-38)57-33)19(45)14(59-34)7-54-32-24(50)22(48)17(43)10(3-37)56-32/h10-34,37-40,43-53H,3-7H2,1-2H3,(H,35,41)(H,36,42)/t10-,11-,12-,13-,14-,15-,16-,17-,18-,19-,20-,21-,22+,23+,24+,25+,26+,27-,28-,29-,30-,31+,32-,33+,34-/m1/s1. The molecule has 5 heterocycles. The van der Waals surface area contributed by atoms with E-state index in [0.717, 1.165) is 13.8 Å². The van der Waals surface area contributed by atoms with Crippen molar-refractivity contribution < 1.29 is 129 Å². The third-order valence-corrected chi connectivity index (χ3v) is 11.1. The van der Waals surface area contributed by atoms with Gasteiger partial charge in [0, 0.05) is 13.8 Å². The highest BCUT2D eigenvalue weighted by Gasteiger charge is 2.56. The fraction of sp³-hybridized carbons (Fsp3) is 0.941. The second-order valence-corrected chi connectivity index (χ2v) is 15.5. The Morgan fingerprint density at radius 1 is 0.419 bits per heavy atom. The Hall–Kier alpha value is -2.02. The van der Waals surface area contributed by atoms with E-state index in [-0.39, 0.29) is 0 Å². The SMILES string of the molecule is CC(=O)N[C@@H]1[C@@H](O)[C@H](O[C@@H]2O[C@H](CO)[C@@H](O[C@H]3O[C@H](CO[C@@H]4O[C@H](CO)[C@@H](O)[C@H](O)[C@@H]4O)[C@@H](O)[C@@H](O[C@@H]4O[C@H](CO)[C@@H](O)[C@H](O)[C@@H]4O)[C@@H]3O)[C@H](O)[C@H]2NC(C)=O)[C@@H](CO)O[C@H]1O. The van der Waals surface area contributed by atoms with Crippen LogP contribution in [0.1, 0.15) is 13.8 Å². The summed E-state index contributed by atoms with van der Waals surface area (Å²) in [4.78, 5) is 24.2. The van der Waals surface area contributed by atoms with E-state index in [2.05, 4.69) is 10.6 Å². The van der Waals surface area contributed by atoms with Gasteiger partial charge in [-0.1, -0.05) is 0 Å². The molecule has 360 valence electrons. The first-order valence-corrected chi connectivity index (χ1v) is 19.6. The van der Waals surface area contributed by atoms with E-state index < -0.39 is 198 Å². The molecule has 5 rings (SSSR count). The maximum Gasteiger partial charge on any atom is 0.217 e. The minimum atomic E-state index is -2.18. The summed E-state index contributed by atoms with van der Waals surface area (Å²) in [5.74, 6) is -1.49. The maximum atomic E-state index is 12.4. The topological polar surface area (TPSA) is 445 Å². The van der Waals surface area contributed by atoms with Gasteiger partial charge in [0.25, 0.3) is 0 Å².